The Hall–Kier alpha value is -2.66. The molecule has 5 nitrogen and oxygen atoms in total. The molecule has 24 heavy (non-hydrogen) atoms. The summed E-state index contributed by atoms with van der Waals surface area (Å²) in [5.41, 5.74) is 1.89. The van der Waals surface area contributed by atoms with Gasteiger partial charge in [0.1, 0.15) is 5.76 Å². The van der Waals surface area contributed by atoms with Crippen molar-refractivity contribution in [3.05, 3.63) is 53.9 Å². The zero-order valence-corrected chi connectivity index (χ0v) is 13.6. The summed E-state index contributed by atoms with van der Waals surface area (Å²) in [5.74, 6) is 1.52. The average molecular weight is 321 g/mol. The van der Waals surface area contributed by atoms with E-state index < -0.39 is 0 Å². The Balaban J connectivity index is 1.66. The molecular weight excluding hydrogens is 302 g/mol. The fraction of sp³-hybridized carbons (Fsp3) is 0.263. The molecule has 0 spiro atoms. The summed E-state index contributed by atoms with van der Waals surface area (Å²) in [6.45, 7) is 4.50. The topological polar surface area (TPSA) is 58.4 Å². The van der Waals surface area contributed by atoms with Crippen LogP contribution in [-0.4, -0.2) is 35.4 Å². The van der Waals surface area contributed by atoms with Crippen molar-refractivity contribution in [2.24, 2.45) is 0 Å². The maximum absolute atomic E-state index is 11.5. The van der Waals surface area contributed by atoms with Gasteiger partial charge in [-0.2, -0.15) is 0 Å². The molecule has 1 amide bonds. The third kappa shape index (κ3) is 2.78. The van der Waals surface area contributed by atoms with E-state index >= 15 is 0 Å². The van der Waals surface area contributed by atoms with Gasteiger partial charge in [0, 0.05) is 25.2 Å². The molecule has 0 bridgehead atoms. The Labute approximate surface area is 140 Å². The van der Waals surface area contributed by atoms with Gasteiger partial charge in [-0.25, -0.2) is 4.98 Å². The van der Waals surface area contributed by atoms with Crippen LogP contribution in [0.4, 0.5) is 0 Å². The molecule has 0 aliphatic carbocycles. The van der Waals surface area contributed by atoms with E-state index in [-0.39, 0.29) is 5.91 Å². The molecule has 122 valence electrons. The van der Waals surface area contributed by atoms with Crippen molar-refractivity contribution in [2.75, 3.05) is 19.6 Å². The Morgan fingerprint density at radius 2 is 2.04 bits per heavy atom. The van der Waals surface area contributed by atoms with Crippen molar-refractivity contribution in [1.82, 2.24) is 15.2 Å². The molecule has 4 rings (SSSR count). The van der Waals surface area contributed by atoms with E-state index in [1.165, 1.54) is 5.39 Å². The van der Waals surface area contributed by atoms with Gasteiger partial charge < -0.3 is 9.73 Å². The standard InChI is InChI=1S/C19H19N3O2/c1-13-17(11-22-10-9-20-18(23)12-22)21-19(24-13)16-8-4-6-14-5-2-3-7-15(14)16/h2-8H,9-12H2,1H3,(H,20,23). The number of benzene rings is 2. The minimum atomic E-state index is 0.0664. The number of aryl methyl sites for hydroxylation is 1. The lowest BCUT2D eigenvalue weighted by Crippen LogP contribution is -2.47. The number of carbonyl (C=O) groups is 1. The number of hydrogen-bond donors (Lipinski definition) is 1. The quantitative estimate of drug-likeness (QED) is 0.806. The number of amides is 1. The molecule has 0 saturated carbocycles. The molecule has 1 N–H and O–H groups in total. The van der Waals surface area contributed by atoms with Crippen LogP contribution in [0.3, 0.4) is 0 Å². The molecule has 5 heteroatoms. The van der Waals surface area contributed by atoms with Gasteiger partial charge in [-0.1, -0.05) is 36.4 Å². The molecule has 2 heterocycles. The van der Waals surface area contributed by atoms with Crippen LogP contribution >= 0.6 is 0 Å². The predicted molar refractivity (Wildman–Crippen MR) is 92.5 cm³/mol. The minimum absolute atomic E-state index is 0.0664. The summed E-state index contributed by atoms with van der Waals surface area (Å²) in [6, 6.07) is 14.4. The van der Waals surface area contributed by atoms with Crippen LogP contribution in [0.15, 0.2) is 46.9 Å². The summed E-state index contributed by atoms with van der Waals surface area (Å²) >= 11 is 0. The number of aromatic nitrogens is 1. The van der Waals surface area contributed by atoms with Crippen LogP contribution in [0.25, 0.3) is 22.2 Å². The van der Waals surface area contributed by atoms with Gasteiger partial charge in [0.05, 0.1) is 12.2 Å². The molecule has 0 unspecified atom stereocenters. The van der Waals surface area contributed by atoms with Gasteiger partial charge in [0.25, 0.3) is 0 Å². The van der Waals surface area contributed by atoms with Gasteiger partial charge >= 0.3 is 0 Å². The van der Waals surface area contributed by atoms with Crippen molar-refractivity contribution < 1.29 is 9.21 Å². The number of fused-ring (bicyclic) bond motifs is 1. The largest absolute Gasteiger partial charge is 0.441 e. The number of hydrogen-bond acceptors (Lipinski definition) is 4. The van der Waals surface area contributed by atoms with E-state index in [1.807, 2.05) is 31.2 Å². The Kier molecular flexibility index (Phi) is 3.78. The van der Waals surface area contributed by atoms with Crippen molar-refractivity contribution in [2.45, 2.75) is 13.5 Å². The molecule has 1 fully saturated rings. The fourth-order valence-electron chi connectivity index (χ4n) is 3.14. The van der Waals surface area contributed by atoms with Crippen molar-refractivity contribution >= 4 is 16.7 Å². The minimum Gasteiger partial charge on any atom is -0.441 e. The highest BCUT2D eigenvalue weighted by molar-refractivity contribution is 5.94. The number of rotatable bonds is 3. The van der Waals surface area contributed by atoms with Crippen LogP contribution in [0.2, 0.25) is 0 Å². The smallest absolute Gasteiger partial charge is 0.234 e. The zero-order chi connectivity index (χ0) is 16.5. The summed E-state index contributed by atoms with van der Waals surface area (Å²) < 4.78 is 5.94. The van der Waals surface area contributed by atoms with Gasteiger partial charge in [0.15, 0.2) is 0 Å². The summed E-state index contributed by atoms with van der Waals surface area (Å²) in [6.07, 6.45) is 0. The maximum Gasteiger partial charge on any atom is 0.234 e. The van der Waals surface area contributed by atoms with Crippen molar-refractivity contribution in [3.8, 4) is 11.5 Å². The number of nitrogens with one attached hydrogen (secondary N) is 1. The zero-order valence-electron chi connectivity index (χ0n) is 13.6. The van der Waals surface area contributed by atoms with E-state index in [0.717, 1.165) is 28.9 Å². The number of carbonyl (C=O) groups excluding carboxylic acids is 1. The lowest BCUT2D eigenvalue weighted by Gasteiger charge is -2.25. The third-order valence-corrected chi connectivity index (χ3v) is 4.40. The first-order chi connectivity index (χ1) is 11.7. The highest BCUT2D eigenvalue weighted by Gasteiger charge is 2.20. The van der Waals surface area contributed by atoms with Crippen molar-refractivity contribution in [1.29, 1.82) is 0 Å². The van der Waals surface area contributed by atoms with E-state index in [0.29, 0.717) is 25.5 Å². The first-order valence-corrected chi connectivity index (χ1v) is 8.14. The molecular formula is C19H19N3O2. The molecule has 0 atom stereocenters. The first-order valence-electron chi connectivity index (χ1n) is 8.14. The van der Waals surface area contributed by atoms with Crippen LogP contribution in [0, 0.1) is 6.92 Å². The number of piperazine rings is 1. The lowest BCUT2D eigenvalue weighted by atomic mass is 10.0. The van der Waals surface area contributed by atoms with E-state index in [4.69, 9.17) is 9.40 Å². The highest BCUT2D eigenvalue weighted by atomic mass is 16.4. The molecule has 0 radical (unpaired) electrons. The third-order valence-electron chi connectivity index (χ3n) is 4.40. The molecule has 3 aromatic rings. The van der Waals surface area contributed by atoms with Gasteiger partial charge in [-0.15, -0.1) is 0 Å². The first kappa shape index (κ1) is 14.9. The summed E-state index contributed by atoms with van der Waals surface area (Å²) in [5, 5.41) is 5.14. The van der Waals surface area contributed by atoms with Gasteiger partial charge in [0.2, 0.25) is 11.8 Å². The number of nitrogens with zero attached hydrogens (tertiary/aromatic N) is 2. The normalized spacial score (nSPS) is 15.6. The molecule has 1 saturated heterocycles. The van der Waals surface area contributed by atoms with Gasteiger partial charge in [-0.3, -0.25) is 9.69 Å². The highest BCUT2D eigenvalue weighted by Crippen LogP contribution is 2.29. The monoisotopic (exact) mass is 321 g/mol. The molecule has 1 aromatic heterocycles. The predicted octanol–water partition coefficient (Wildman–Crippen LogP) is 2.74. The second kappa shape index (κ2) is 6.09. The van der Waals surface area contributed by atoms with Crippen LogP contribution < -0.4 is 5.32 Å². The fourth-order valence-corrected chi connectivity index (χ4v) is 3.14. The Bertz CT molecular complexity index is 895. The van der Waals surface area contributed by atoms with Crippen LogP contribution in [0.5, 0.6) is 0 Å². The Morgan fingerprint density at radius 1 is 1.21 bits per heavy atom. The average Bonchev–Trinajstić information content (AvgIpc) is 2.95. The molecule has 1 aliphatic heterocycles. The molecule has 2 aromatic carbocycles. The van der Waals surface area contributed by atoms with Crippen molar-refractivity contribution in [3.63, 3.8) is 0 Å². The van der Waals surface area contributed by atoms with E-state index in [1.54, 1.807) is 0 Å². The number of oxazole rings is 1. The van der Waals surface area contributed by atoms with Gasteiger partial charge in [-0.05, 0) is 23.8 Å². The van der Waals surface area contributed by atoms with Crippen LogP contribution in [0.1, 0.15) is 11.5 Å². The SMILES string of the molecule is Cc1oc(-c2cccc3ccccc23)nc1CN1CCNC(=O)C1. The second-order valence-electron chi connectivity index (χ2n) is 6.11. The van der Waals surface area contributed by atoms with Crippen LogP contribution in [-0.2, 0) is 11.3 Å². The lowest BCUT2D eigenvalue weighted by molar-refractivity contribution is -0.124. The molecule has 1 aliphatic rings. The second-order valence-corrected chi connectivity index (χ2v) is 6.11. The summed E-state index contributed by atoms with van der Waals surface area (Å²) in [7, 11) is 0. The Morgan fingerprint density at radius 3 is 2.92 bits per heavy atom. The maximum atomic E-state index is 11.5. The summed E-state index contributed by atoms with van der Waals surface area (Å²) in [4.78, 5) is 18.3. The van der Waals surface area contributed by atoms with E-state index in [2.05, 4.69) is 28.4 Å². The van der Waals surface area contributed by atoms with E-state index in [9.17, 15) is 4.79 Å².